The van der Waals surface area contributed by atoms with Gasteiger partial charge in [-0.15, -0.1) is 0 Å². The van der Waals surface area contributed by atoms with Gasteiger partial charge in [0.15, 0.2) is 0 Å². The molecule has 0 aromatic rings. The van der Waals surface area contributed by atoms with Crippen molar-refractivity contribution >= 4 is 22.0 Å². The number of ether oxygens (including phenoxy) is 1. The Labute approximate surface area is 287 Å². The standard InChI is InChI=1S/C39H67NO6S/c1-5-6-7-8-9-10-11-12-13-14-15-37(42)46-31-22-24-38(3)30(28-31)17-18-32-34-20-19-33(39(34,4)25-23-35(32)38)29(2)16-21-36(41)40-26-27-47(43,44)45/h7-8,29-35H,5-6,9-28H2,1-4H3,(H,40,41)(H,43,44,45)/b8-7-. The molecule has 47 heavy (non-hydrogen) atoms. The lowest BCUT2D eigenvalue weighted by Crippen LogP contribution is -2.54. The van der Waals surface area contributed by atoms with Crippen LogP contribution in [0.4, 0.5) is 0 Å². The Hall–Kier alpha value is -1.41. The van der Waals surface area contributed by atoms with Gasteiger partial charge in [-0.3, -0.25) is 14.1 Å². The van der Waals surface area contributed by atoms with Crippen molar-refractivity contribution in [3.05, 3.63) is 12.2 Å². The summed E-state index contributed by atoms with van der Waals surface area (Å²) in [6, 6.07) is 0. The number of allylic oxidation sites excluding steroid dienone is 2. The fourth-order valence-electron chi connectivity index (χ4n) is 11.0. The number of amides is 1. The molecule has 270 valence electrons. The average Bonchev–Trinajstić information content (AvgIpc) is 3.37. The van der Waals surface area contributed by atoms with Gasteiger partial charge in [-0.1, -0.05) is 65.5 Å². The van der Waals surface area contributed by atoms with Crippen molar-refractivity contribution in [3.8, 4) is 0 Å². The maximum atomic E-state index is 12.7. The third-order valence-corrected chi connectivity index (χ3v) is 14.3. The van der Waals surface area contributed by atoms with Crippen LogP contribution in [-0.4, -0.2) is 43.2 Å². The Morgan fingerprint density at radius 1 is 0.894 bits per heavy atom. The second-order valence-corrected chi connectivity index (χ2v) is 18.1. The molecule has 1 amide bonds. The number of fused-ring (bicyclic) bond motifs is 5. The first kappa shape index (κ1) is 38.4. The number of carbonyl (C=O) groups excluding carboxylic acids is 2. The summed E-state index contributed by atoms with van der Waals surface area (Å²) in [5.41, 5.74) is 0.673. The van der Waals surface area contributed by atoms with Crippen molar-refractivity contribution in [2.45, 2.75) is 162 Å². The quantitative estimate of drug-likeness (QED) is 0.0648. The van der Waals surface area contributed by atoms with E-state index in [1.807, 2.05) is 0 Å². The molecule has 4 saturated carbocycles. The first-order valence-corrected chi connectivity index (χ1v) is 21.0. The molecular weight excluding hydrogens is 610 g/mol. The van der Waals surface area contributed by atoms with Gasteiger partial charge in [-0.05, 0) is 136 Å². The Morgan fingerprint density at radius 2 is 1.60 bits per heavy atom. The SMILES string of the molecule is CCC/C=C\CCCCCCCC(=O)OC1CCC2(C)C(CCC3C2CCC2(C)C(C(C)CCC(=O)NCCS(=O)(=O)O)CCC32)C1. The molecule has 4 aliphatic carbocycles. The maximum Gasteiger partial charge on any atom is 0.306 e. The number of carbonyl (C=O) groups is 2. The fourth-order valence-corrected chi connectivity index (χ4v) is 11.3. The van der Waals surface area contributed by atoms with Crippen molar-refractivity contribution in [1.82, 2.24) is 5.32 Å². The zero-order valence-corrected chi connectivity index (χ0v) is 31.0. The first-order chi connectivity index (χ1) is 22.4. The van der Waals surface area contributed by atoms with Gasteiger partial charge in [-0.25, -0.2) is 0 Å². The summed E-state index contributed by atoms with van der Waals surface area (Å²) in [5.74, 6) is 3.46. The van der Waals surface area contributed by atoms with Crippen LogP contribution in [0.2, 0.25) is 0 Å². The number of esters is 1. The summed E-state index contributed by atoms with van der Waals surface area (Å²) >= 11 is 0. The van der Waals surface area contributed by atoms with Crippen molar-refractivity contribution in [2.75, 3.05) is 12.3 Å². The predicted octanol–water partition coefficient (Wildman–Crippen LogP) is 9.06. The Bertz CT molecular complexity index is 1150. The van der Waals surface area contributed by atoms with Crippen molar-refractivity contribution < 1.29 is 27.3 Å². The topological polar surface area (TPSA) is 110 Å². The van der Waals surface area contributed by atoms with E-state index in [0.29, 0.717) is 41.4 Å². The molecule has 4 fully saturated rings. The summed E-state index contributed by atoms with van der Waals surface area (Å²) < 4.78 is 36.9. The number of hydrogen-bond donors (Lipinski definition) is 2. The van der Waals surface area contributed by atoms with Gasteiger partial charge in [-0.2, -0.15) is 8.42 Å². The average molecular weight is 678 g/mol. The first-order valence-electron chi connectivity index (χ1n) is 19.4. The molecule has 4 aliphatic rings. The van der Waals surface area contributed by atoms with Crippen molar-refractivity contribution in [3.63, 3.8) is 0 Å². The van der Waals surface area contributed by atoms with Crippen LogP contribution in [-0.2, 0) is 24.4 Å². The van der Waals surface area contributed by atoms with E-state index in [2.05, 4.69) is 45.2 Å². The fraction of sp³-hybridized carbons (Fsp3) is 0.897. The lowest BCUT2D eigenvalue weighted by atomic mass is 9.44. The summed E-state index contributed by atoms with van der Waals surface area (Å²) in [5, 5.41) is 2.65. The zero-order chi connectivity index (χ0) is 34.1. The van der Waals surface area contributed by atoms with E-state index in [1.165, 1.54) is 83.5 Å². The van der Waals surface area contributed by atoms with Crippen LogP contribution in [0, 0.1) is 46.3 Å². The van der Waals surface area contributed by atoms with Gasteiger partial charge in [0.25, 0.3) is 10.1 Å². The van der Waals surface area contributed by atoms with E-state index < -0.39 is 15.9 Å². The highest BCUT2D eigenvalue weighted by molar-refractivity contribution is 7.85. The summed E-state index contributed by atoms with van der Waals surface area (Å²) in [7, 11) is -4.06. The maximum absolute atomic E-state index is 12.7. The minimum Gasteiger partial charge on any atom is -0.462 e. The van der Waals surface area contributed by atoms with Gasteiger partial charge in [0.1, 0.15) is 6.10 Å². The lowest BCUT2D eigenvalue weighted by Gasteiger charge is -2.61. The smallest absolute Gasteiger partial charge is 0.306 e. The minimum absolute atomic E-state index is 0.0184. The lowest BCUT2D eigenvalue weighted by molar-refractivity contribution is -0.162. The second kappa shape index (κ2) is 17.5. The number of nitrogens with one attached hydrogen (secondary N) is 1. The highest BCUT2D eigenvalue weighted by Gasteiger charge is 2.60. The van der Waals surface area contributed by atoms with E-state index in [1.54, 1.807) is 0 Å². The molecule has 8 heteroatoms. The third kappa shape index (κ3) is 10.3. The van der Waals surface area contributed by atoms with Crippen molar-refractivity contribution in [2.24, 2.45) is 46.3 Å². The van der Waals surface area contributed by atoms with Crippen LogP contribution in [0.5, 0.6) is 0 Å². The van der Waals surface area contributed by atoms with Crippen LogP contribution in [0.25, 0.3) is 0 Å². The van der Waals surface area contributed by atoms with Crippen LogP contribution in [0.15, 0.2) is 12.2 Å². The van der Waals surface area contributed by atoms with Gasteiger partial charge in [0, 0.05) is 19.4 Å². The Morgan fingerprint density at radius 3 is 2.36 bits per heavy atom. The minimum atomic E-state index is -4.06. The molecule has 9 atom stereocenters. The van der Waals surface area contributed by atoms with E-state index in [-0.39, 0.29) is 24.5 Å². The molecule has 0 spiro atoms. The van der Waals surface area contributed by atoms with Crippen LogP contribution >= 0.6 is 0 Å². The zero-order valence-electron chi connectivity index (χ0n) is 30.1. The Balaban J connectivity index is 1.19. The predicted molar refractivity (Wildman–Crippen MR) is 189 cm³/mol. The molecule has 0 aromatic heterocycles. The molecule has 0 bridgehead atoms. The normalized spacial score (nSPS) is 34.3. The van der Waals surface area contributed by atoms with E-state index in [4.69, 9.17) is 9.29 Å². The molecule has 9 unspecified atom stereocenters. The van der Waals surface area contributed by atoms with E-state index in [9.17, 15) is 18.0 Å². The molecule has 0 aliphatic heterocycles. The van der Waals surface area contributed by atoms with Gasteiger partial charge in [0.2, 0.25) is 5.91 Å². The summed E-state index contributed by atoms with van der Waals surface area (Å²) in [4.78, 5) is 25.1. The van der Waals surface area contributed by atoms with Gasteiger partial charge in [0.05, 0.1) is 5.75 Å². The highest BCUT2D eigenvalue weighted by atomic mass is 32.2. The largest absolute Gasteiger partial charge is 0.462 e. The molecule has 7 nitrogen and oxygen atoms in total. The molecule has 2 N–H and O–H groups in total. The Kier molecular flexibility index (Phi) is 14.3. The molecule has 4 rings (SSSR count). The molecule has 0 radical (unpaired) electrons. The van der Waals surface area contributed by atoms with Crippen LogP contribution in [0.3, 0.4) is 0 Å². The molecule has 0 heterocycles. The van der Waals surface area contributed by atoms with Crippen molar-refractivity contribution in [1.29, 1.82) is 0 Å². The molecular formula is C39H67NO6S. The molecule has 0 saturated heterocycles. The monoisotopic (exact) mass is 677 g/mol. The second-order valence-electron chi connectivity index (χ2n) is 16.5. The van der Waals surface area contributed by atoms with Gasteiger partial charge < -0.3 is 10.1 Å². The van der Waals surface area contributed by atoms with Crippen LogP contribution < -0.4 is 5.32 Å². The number of hydrogen-bond acceptors (Lipinski definition) is 5. The summed E-state index contributed by atoms with van der Waals surface area (Å²) in [6.45, 7) is 9.60. The number of rotatable bonds is 18. The summed E-state index contributed by atoms with van der Waals surface area (Å²) in [6.07, 6.45) is 26.8. The highest BCUT2D eigenvalue weighted by Crippen LogP contribution is 2.68. The third-order valence-electron chi connectivity index (χ3n) is 13.6. The number of unbranched alkanes of at least 4 members (excludes halogenated alkanes) is 6. The van der Waals surface area contributed by atoms with Crippen LogP contribution in [0.1, 0.15) is 156 Å². The molecule has 0 aromatic carbocycles. The van der Waals surface area contributed by atoms with Gasteiger partial charge >= 0.3 is 5.97 Å². The van der Waals surface area contributed by atoms with E-state index in [0.717, 1.165) is 49.9 Å². The van der Waals surface area contributed by atoms with E-state index >= 15 is 0 Å².